The van der Waals surface area contributed by atoms with Crippen LogP contribution in [0.2, 0.25) is 0 Å². The summed E-state index contributed by atoms with van der Waals surface area (Å²) < 4.78 is 27.8. The van der Waals surface area contributed by atoms with E-state index in [2.05, 4.69) is 30.7 Å². The summed E-state index contributed by atoms with van der Waals surface area (Å²) in [7, 11) is 1.82. The zero-order chi connectivity index (χ0) is 21.8. The maximum absolute atomic E-state index is 13.2. The number of nitrogens with one attached hydrogen (secondary N) is 2. The van der Waals surface area contributed by atoms with E-state index in [0.717, 1.165) is 34.6 Å². The molecule has 0 spiro atoms. The van der Waals surface area contributed by atoms with Crippen LogP contribution in [-0.4, -0.2) is 30.6 Å². The highest BCUT2D eigenvalue weighted by molar-refractivity contribution is 5.91. The Hall–Kier alpha value is -4.21. The zero-order valence-electron chi connectivity index (χ0n) is 16.4. The van der Waals surface area contributed by atoms with Gasteiger partial charge in [0.1, 0.15) is 5.82 Å². The fraction of sp³-hybridized carbons (Fsp3) is 0.0952. The van der Waals surface area contributed by atoms with Crippen molar-refractivity contribution in [2.45, 2.75) is 6.42 Å². The van der Waals surface area contributed by atoms with Crippen molar-refractivity contribution in [2.24, 2.45) is 7.05 Å². The normalized spacial score (nSPS) is 10.7. The minimum absolute atomic E-state index is 0.0438. The average molecular weight is 421 g/mol. The number of hydrogen-bond acceptors (Lipinski definition) is 6. The average Bonchev–Trinajstić information content (AvgIpc) is 3.16. The first-order chi connectivity index (χ1) is 15.0. The van der Waals surface area contributed by atoms with Crippen LogP contribution < -0.4 is 10.6 Å². The van der Waals surface area contributed by atoms with E-state index < -0.39 is 11.6 Å². The van der Waals surface area contributed by atoms with E-state index in [9.17, 15) is 13.6 Å². The third-order valence-electron chi connectivity index (χ3n) is 4.34. The second kappa shape index (κ2) is 8.66. The van der Waals surface area contributed by atoms with Crippen LogP contribution in [0.25, 0.3) is 11.1 Å². The number of hydrogen-bond donors (Lipinski definition) is 2. The van der Waals surface area contributed by atoms with Gasteiger partial charge in [-0.3, -0.25) is 9.48 Å². The van der Waals surface area contributed by atoms with Gasteiger partial charge in [0.15, 0.2) is 11.6 Å². The second-order valence-electron chi connectivity index (χ2n) is 6.73. The topological polar surface area (TPSA) is 97.6 Å². The predicted molar refractivity (Wildman–Crippen MR) is 110 cm³/mol. The quantitative estimate of drug-likeness (QED) is 0.495. The Labute approximate surface area is 176 Å². The molecule has 4 aromatic rings. The molecule has 0 aliphatic heterocycles. The Morgan fingerprint density at radius 1 is 0.968 bits per heavy atom. The lowest BCUT2D eigenvalue weighted by Gasteiger charge is -2.07. The highest BCUT2D eigenvalue weighted by Gasteiger charge is 2.09. The molecule has 0 fully saturated rings. The van der Waals surface area contributed by atoms with Crippen LogP contribution in [0.5, 0.6) is 0 Å². The molecule has 4 rings (SSSR count). The molecule has 156 valence electrons. The minimum Gasteiger partial charge on any atom is -0.321 e. The van der Waals surface area contributed by atoms with E-state index in [-0.39, 0.29) is 18.1 Å². The van der Waals surface area contributed by atoms with E-state index in [1.54, 1.807) is 35.4 Å². The third-order valence-corrected chi connectivity index (χ3v) is 4.34. The van der Waals surface area contributed by atoms with Crippen molar-refractivity contribution < 1.29 is 13.6 Å². The van der Waals surface area contributed by atoms with Crippen LogP contribution in [0.4, 0.5) is 26.2 Å². The van der Waals surface area contributed by atoms with Gasteiger partial charge in [0, 0.05) is 37.3 Å². The highest BCUT2D eigenvalue weighted by atomic mass is 19.2. The van der Waals surface area contributed by atoms with Crippen LogP contribution in [0, 0.1) is 11.6 Å². The van der Waals surface area contributed by atoms with Crippen molar-refractivity contribution in [2.75, 3.05) is 10.6 Å². The van der Waals surface area contributed by atoms with Gasteiger partial charge in [0.05, 0.1) is 24.5 Å². The molecule has 0 radical (unpaired) electrons. The van der Waals surface area contributed by atoms with Crippen LogP contribution >= 0.6 is 0 Å². The first-order valence-electron chi connectivity index (χ1n) is 9.24. The van der Waals surface area contributed by atoms with Crippen LogP contribution in [-0.2, 0) is 18.3 Å². The van der Waals surface area contributed by atoms with E-state index in [1.165, 1.54) is 0 Å². The Morgan fingerprint density at radius 2 is 1.71 bits per heavy atom. The number of aryl methyl sites for hydroxylation is 1. The Bertz CT molecular complexity index is 1210. The molecule has 3 heterocycles. The number of halogens is 2. The van der Waals surface area contributed by atoms with Gasteiger partial charge in [-0.25, -0.2) is 23.7 Å². The lowest BCUT2D eigenvalue weighted by Crippen LogP contribution is -2.15. The minimum atomic E-state index is -1.07. The Morgan fingerprint density at radius 3 is 2.35 bits per heavy atom. The molecule has 31 heavy (non-hydrogen) atoms. The molecule has 0 atom stereocenters. The summed E-state index contributed by atoms with van der Waals surface area (Å²) in [5, 5.41) is 9.58. The Kier molecular flexibility index (Phi) is 5.61. The van der Waals surface area contributed by atoms with Gasteiger partial charge >= 0.3 is 0 Å². The van der Waals surface area contributed by atoms with E-state index in [1.807, 2.05) is 25.4 Å². The van der Waals surface area contributed by atoms with Crippen molar-refractivity contribution in [3.63, 3.8) is 0 Å². The molecule has 2 N–H and O–H groups in total. The summed E-state index contributed by atoms with van der Waals surface area (Å²) in [6.45, 7) is 0. The highest BCUT2D eigenvalue weighted by Crippen LogP contribution is 2.20. The van der Waals surface area contributed by atoms with Gasteiger partial charge < -0.3 is 10.6 Å². The zero-order valence-corrected chi connectivity index (χ0v) is 16.4. The SMILES string of the molecule is Cn1cc(Nc2ncc(-c3ccc(CC(=O)Nc4cc(F)c(F)cn4)cc3)cn2)cn1. The maximum Gasteiger partial charge on any atom is 0.229 e. The molecule has 0 unspecified atom stereocenters. The number of benzene rings is 1. The molecular weight excluding hydrogens is 404 g/mol. The third kappa shape index (κ3) is 5.04. The number of anilines is 3. The molecule has 1 amide bonds. The molecule has 0 saturated heterocycles. The van der Waals surface area contributed by atoms with Gasteiger partial charge in [-0.1, -0.05) is 24.3 Å². The summed E-state index contributed by atoms with van der Waals surface area (Å²) in [6.07, 6.45) is 7.67. The monoisotopic (exact) mass is 421 g/mol. The van der Waals surface area contributed by atoms with Gasteiger partial charge in [-0.05, 0) is 11.1 Å². The van der Waals surface area contributed by atoms with Gasteiger partial charge in [0.2, 0.25) is 11.9 Å². The van der Waals surface area contributed by atoms with Gasteiger partial charge in [-0.2, -0.15) is 5.10 Å². The Balaban J connectivity index is 1.37. The van der Waals surface area contributed by atoms with Crippen molar-refractivity contribution in [1.29, 1.82) is 0 Å². The molecule has 0 aliphatic carbocycles. The molecular formula is C21H17F2N7O. The number of aromatic nitrogens is 5. The van der Waals surface area contributed by atoms with E-state index in [4.69, 9.17) is 0 Å². The molecule has 1 aromatic carbocycles. The summed E-state index contributed by atoms with van der Waals surface area (Å²) in [5.41, 5.74) is 3.24. The lowest BCUT2D eigenvalue weighted by molar-refractivity contribution is -0.115. The molecule has 0 aliphatic rings. The number of amides is 1. The van der Waals surface area contributed by atoms with Crippen molar-refractivity contribution in [3.8, 4) is 11.1 Å². The summed E-state index contributed by atoms with van der Waals surface area (Å²) in [4.78, 5) is 24.4. The standard InChI is InChI=1S/C21H17F2N7O/c1-30-12-16(10-27-30)28-21-25-8-15(9-26-21)14-4-2-13(3-5-14)6-20(31)29-19-7-17(22)18(23)11-24-19/h2-5,7-12H,6H2,1H3,(H,24,29,31)(H,25,26,28). The van der Waals surface area contributed by atoms with Gasteiger partial charge in [-0.15, -0.1) is 0 Å². The van der Waals surface area contributed by atoms with Crippen LogP contribution in [0.15, 0.2) is 61.3 Å². The number of carbonyl (C=O) groups excluding carboxylic acids is 1. The summed E-state index contributed by atoms with van der Waals surface area (Å²) >= 11 is 0. The predicted octanol–water partition coefficient (Wildman–Crippen LogP) is 3.48. The fourth-order valence-corrected chi connectivity index (χ4v) is 2.83. The second-order valence-corrected chi connectivity index (χ2v) is 6.73. The first-order valence-corrected chi connectivity index (χ1v) is 9.24. The number of carbonyl (C=O) groups is 1. The summed E-state index contributed by atoms with van der Waals surface area (Å²) in [6, 6.07) is 8.14. The molecule has 10 heteroatoms. The van der Waals surface area contributed by atoms with E-state index in [0.29, 0.717) is 5.95 Å². The van der Waals surface area contributed by atoms with Crippen molar-refractivity contribution >= 4 is 23.4 Å². The maximum atomic E-state index is 13.2. The molecule has 3 aromatic heterocycles. The number of rotatable bonds is 6. The fourth-order valence-electron chi connectivity index (χ4n) is 2.83. The van der Waals surface area contributed by atoms with Crippen LogP contribution in [0.3, 0.4) is 0 Å². The first kappa shape index (κ1) is 20.1. The molecule has 0 bridgehead atoms. The molecule has 8 nitrogen and oxygen atoms in total. The number of pyridine rings is 1. The summed E-state index contributed by atoms with van der Waals surface area (Å²) in [5.74, 6) is -2.12. The lowest BCUT2D eigenvalue weighted by atomic mass is 10.1. The van der Waals surface area contributed by atoms with Crippen LogP contribution in [0.1, 0.15) is 5.56 Å². The van der Waals surface area contributed by atoms with E-state index >= 15 is 0 Å². The van der Waals surface area contributed by atoms with Crippen molar-refractivity contribution in [3.05, 3.63) is 78.5 Å². The smallest absolute Gasteiger partial charge is 0.229 e. The van der Waals surface area contributed by atoms with Crippen molar-refractivity contribution in [1.82, 2.24) is 24.7 Å². The van der Waals surface area contributed by atoms with Gasteiger partial charge in [0.25, 0.3) is 0 Å². The number of nitrogens with zero attached hydrogens (tertiary/aromatic N) is 5. The molecule has 0 saturated carbocycles. The largest absolute Gasteiger partial charge is 0.321 e.